The molecule has 0 bridgehead atoms. The van der Waals surface area contributed by atoms with Crippen LogP contribution in [0, 0.1) is 0 Å². The normalized spacial score (nSPS) is 15.7. The molecule has 0 aliphatic heterocycles. The zero-order chi connectivity index (χ0) is 25.4. The van der Waals surface area contributed by atoms with Crippen molar-refractivity contribution in [2.75, 3.05) is 0 Å². The summed E-state index contributed by atoms with van der Waals surface area (Å²) in [5.41, 5.74) is 0. The first-order valence-corrected chi connectivity index (χ1v) is 7.48. The van der Waals surface area contributed by atoms with Crippen LogP contribution >= 0.6 is 8.60 Å². The molecule has 0 saturated heterocycles. The Labute approximate surface area is 158 Å². The summed E-state index contributed by atoms with van der Waals surface area (Å²) in [6.07, 6.45) is -57.2. The molecule has 0 heterocycles. The predicted octanol–water partition coefficient (Wildman–Crippen LogP) is 6.74. The Bertz CT molecular complexity index is 444. The summed E-state index contributed by atoms with van der Waals surface area (Å²) < 4.78 is 230. The van der Waals surface area contributed by atoms with Crippen LogP contribution in [-0.2, 0) is 13.6 Å². The molecule has 3 nitrogen and oxygen atoms in total. The Morgan fingerprint density at radius 1 is 0.323 bits per heavy atom. The van der Waals surface area contributed by atoms with Crippen LogP contribution in [-0.4, -0.2) is 55.4 Å². The monoisotopic (exact) mass is 532 g/mol. The van der Waals surface area contributed by atoms with E-state index in [0.29, 0.717) is 0 Å². The van der Waals surface area contributed by atoms with Crippen molar-refractivity contribution in [2.24, 2.45) is 0 Å². The van der Waals surface area contributed by atoms with Gasteiger partial charge in [-0.1, -0.05) is 0 Å². The van der Waals surface area contributed by atoms with Crippen molar-refractivity contribution in [1.82, 2.24) is 0 Å². The number of rotatable bonds is 6. The highest BCUT2D eigenvalue weighted by molar-refractivity contribution is 7.41. The van der Waals surface area contributed by atoms with Gasteiger partial charge in [0.2, 0.25) is 0 Å². The van der Waals surface area contributed by atoms with Crippen LogP contribution in [0.4, 0.5) is 79.0 Å². The molecule has 0 amide bonds. The highest BCUT2D eigenvalue weighted by Gasteiger charge is 2.65. The average Bonchev–Trinajstić information content (AvgIpc) is 2.37. The van der Waals surface area contributed by atoms with E-state index in [4.69, 9.17) is 0 Å². The predicted molar refractivity (Wildman–Crippen MR) is 57.9 cm³/mol. The lowest BCUT2D eigenvalue weighted by atomic mass is 10.3. The van der Waals surface area contributed by atoms with Gasteiger partial charge in [0.1, 0.15) is 0 Å². The first-order valence-electron chi connectivity index (χ1n) is 6.39. The fraction of sp³-hybridized carbons (Fsp3) is 1.00. The van der Waals surface area contributed by atoms with Gasteiger partial charge in [-0.25, -0.2) is 0 Å². The van der Waals surface area contributed by atoms with Crippen LogP contribution in [0.5, 0.6) is 0 Å². The standard InChI is InChI=1S/C9H3F18O3P/c10-4(11,12)1(5(13,14)15)28-31(29-2(6(16,17)18)7(19,20)21)30-3(8(22,23)24)9(25,26)27/h1-3H. The molecule has 31 heavy (non-hydrogen) atoms. The molecule has 0 saturated carbocycles. The van der Waals surface area contributed by atoms with Crippen molar-refractivity contribution < 1.29 is 92.6 Å². The van der Waals surface area contributed by atoms with Gasteiger partial charge in [-0.3, -0.25) is 13.6 Å². The summed E-state index contributed by atoms with van der Waals surface area (Å²) >= 11 is 0. The second-order valence-corrected chi connectivity index (χ2v) is 6.01. The van der Waals surface area contributed by atoms with Crippen LogP contribution in [0.3, 0.4) is 0 Å². The molecule has 0 unspecified atom stereocenters. The zero-order valence-corrected chi connectivity index (χ0v) is 14.1. The number of hydrogen-bond donors (Lipinski definition) is 0. The molecular formula is C9H3F18O3P. The maximum atomic E-state index is 12.4. The molecular weight excluding hydrogens is 529 g/mol. The lowest BCUT2D eigenvalue weighted by Crippen LogP contribution is -2.48. The first kappa shape index (κ1) is 30.0. The van der Waals surface area contributed by atoms with Gasteiger partial charge in [0.05, 0.1) is 0 Å². The fourth-order valence-corrected chi connectivity index (χ4v) is 2.63. The number of halogens is 18. The van der Waals surface area contributed by atoms with E-state index in [2.05, 4.69) is 13.6 Å². The molecule has 0 fully saturated rings. The first-order chi connectivity index (χ1) is 13.2. The zero-order valence-electron chi connectivity index (χ0n) is 13.2. The van der Waals surface area contributed by atoms with Gasteiger partial charge < -0.3 is 0 Å². The Morgan fingerprint density at radius 3 is 0.548 bits per heavy atom. The molecule has 0 atom stereocenters. The molecule has 0 aliphatic rings. The minimum absolute atomic E-state index is 2.59. The topological polar surface area (TPSA) is 27.7 Å². The lowest BCUT2D eigenvalue weighted by molar-refractivity contribution is -0.325. The summed E-state index contributed by atoms with van der Waals surface area (Å²) in [5.74, 6) is 0. The van der Waals surface area contributed by atoms with Crippen LogP contribution in [0.15, 0.2) is 0 Å². The van der Waals surface area contributed by atoms with Crippen molar-refractivity contribution >= 4 is 8.60 Å². The van der Waals surface area contributed by atoms with E-state index in [0.717, 1.165) is 0 Å². The molecule has 0 aromatic heterocycles. The third-order valence-electron chi connectivity index (χ3n) is 2.36. The second-order valence-electron chi connectivity index (χ2n) is 4.93. The minimum Gasteiger partial charge on any atom is -0.289 e. The van der Waals surface area contributed by atoms with Gasteiger partial charge in [-0.15, -0.1) is 0 Å². The summed E-state index contributed by atoms with van der Waals surface area (Å²) in [5, 5.41) is 0. The third-order valence-corrected chi connectivity index (χ3v) is 3.51. The molecule has 0 aliphatic carbocycles. The van der Waals surface area contributed by atoms with Gasteiger partial charge in [-0.2, -0.15) is 79.0 Å². The van der Waals surface area contributed by atoms with E-state index in [1.54, 1.807) is 0 Å². The average molecular weight is 532 g/mol. The van der Waals surface area contributed by atoms with Gasteiger partial charge in [-0.05, 0) is 0 Å². The van der Waals surface area contributed by atoms with Crippen molar-refractivity contribution in [3.05, 3.63) is 0 Å². The van der Waals surface area contributed by atoms with Crippen LogP contribution < -0.4 is 0 Å². The van der Waals surface area contributed by atoms with E-state index in [-0.39, 0.29) is 0 Å². The van der Waals surface area contributed by atoms with E-state index in [9.17, 15) is 79.0 Å². The summed E-state index contributed by atoms with van der Waals surface area (Å²) in [6.45, 7) is 0. The van der Waals surface area contributed by atoms with E-state index < -0.39 is 64.0 Å². The van der Waals surface area contributed by atoms with Gasteiger partial charge in [0.15, 0.2) is 0 Å². The number of alkyl halides is 18. The van der Waals surface area contributed by atoms with Crippen molar-refractivity contribution in [1.29, 1.82) is 0 Å². The third kappa shape index (κ3) is 9.60. The van der Waals surface area contributed by atoms with E-state index in [1.165, 1.54) is 0 Å². The molecule has 22 heteroatoms. The van der Waals surface area contributed by atoms with Crippen molar-refractivity contribution in [3.63, 3.8) is 0 Å². The second kappa shape index (κ2) is 9.12. The Hall–Kier alpha value is -0.950. The van der Waals surface area contributed by atoms with Gasteiger partial charge >= 0.3 is 45.7 Å². The Morgan fingerprint density at radius 2 is 0.452 bits per heavy atom. The Kier molecular flexibility index (Phi) is 8.84. The molecule has 0 radical (unpaired) electrons. The SMILES string of the molecule is FC(F)(F)C(OP(OC(C(F)(F)F)C(F)(F)F)OC(C(F)(F)F)C(F)(F)F)C(F)(F)F. The molecule has 0 aromatic carbocycles. The molecule has 0 N–H and O–H groups in total. The van der Waals surface area contributed by atoms with Crippen molar-refractivity contribution in [3.8, 4) is 0 Å². The number of hydrogen-bond acceptors (Lipinski definition) is 3. The van der Waals surface area contributed by atoms with E-state index in [1.807, 2.05) is 0 Å². The molecule has 188 valence electrons. The largest absolute Gasteiger partial charge is 0.424 e. The molecule has 0 spiro atoms. The minimum atomic E-state index is -6.79. The molecule has 0 aromatic rings. The fourth-order valence-electron chi connectivity index (χ4n) is 1.25. The quantitative estimate of drug-likeness (QED) is 0.280. The van der Waals surface area contributed by atoms with Crippen LogP contribution in [0.1, 0.15) is 0 Å². The summed E-state index contributed by atoms with van der Waals surface area (Å²) in [4.78, 5) is 0. The maximum absolute atomic E-state index is 12.4. The van der Waals surface area contributed by atoms with Crippen molar-refractivity contribution in [2.45, 2.75) is 55.4 Å². The highest BCUT2D eigenvalue weighted by atomic mass is 31.2. The van der Waals surface area contributed by atoms with E-state index >= 15 is 0 Å². The van der Waals surface area contributed by atoms with Crippen LogP contribution in [0.2, 0.25) is 0 Å². The smallest absolute Gasteiger partial charge is 0.289 e. The van der Waals surface area contributed by atoms with Gasteiger partial charge in [0.25, 0.3) is 18.3 Å². The summed E-state index contributed by atoms with van der Waals surface area (Å²) in [6, 6.07) is 0. The lowest BCUT2D eigenvalue weighted by Gasteiger charge is -2.32. The molecule has 0 rings (SSSR count). The van der Waals surface area contributed by atoms with Gasteiger partial charge in [0, 0.05) is 0 Å². The summed E-state index contributed by atoms with van der Waals surface area (Å²) in [7, 11) is -5.88. The highest BCUT2D eigenvalue weighted by Crippen LogP contribution is 2.55. The van der Waals surface area contributed by atoms with Crippen LogP contribution in [0.25, 0.3) is 0 Å². The Balaban J connectivity index is 6.36. The maximum Gasteiger partial charge on any atom is 0.424 e.